The van der Waals surface area contributed by atoms with E-state index >= 15 is 0 Å². The van der Waals surface area contributed by atoms with Crippen molar-refractivity contribution in [1.82, 2.24) is 10.6 Å². The molecule has 0 aromatic heterocycles. The topological polar surface area (TPSA) is 188 Å². The van der Waals surface area contributed by atoms with E-state index in [2.05, 4.69) is 10.6 Å². The van der Waals surface area contributed by atoms with E-state index in [0.717, 1.165) is 11.1 Å². The number of carbonyl (C=O) groups is 3. The highest BCUT2D eigenvalue weighted by atomic mass is 16.7. The van der Waals surface area contributed by atoms with Crippen LogP contribution in [0.3, 0.4) is 0 Å². The molecule has 7 atom stereocenters. The minimum absolute atomic E-state index is 0.0584. The van der Waals surface area contributed by atoms with E-state index in [-0.39, 0.29) is 50.4 Å². The fourth-order valence-electron chi connectivity index (χ4n) is 5.22. The second-order valence-electron chi connectivity index (χ2n) is 11.8. The van der Waals surface area contributed by atoms with Gasteiger partial charge in [-0.25, -0.2) is 0 Å². The number of hydrogen-bond donors (Lipinski definition) is 5. The SMILES string of the molecule is CO[C@@H]1OC(COCC(=O)NCCOCCOCCCC(=O)[C@H](Cc2ccccc2)NC(=O)[C@@H](N)Cc2ccccc2)[C@@H](C)[C@H](O)C1O. The Balaban J connectivity index is 1.25. The molecule has 2 amide bonds. The Morgan fingerprint density at radius 3 is 2.15 bits per heavy atom. The van der Waals surface area contributed by atoms with Crippen molar-refractivity contribution >= 4 is 17.6 Å². The Kier molecular flexibility index (Phi) is 17.7. The zero-order valence-electron chi connectivity index (χ0n) is 27.8. The Morgan fingerprint density at radius 2 is 1.50 bits per heavy atom. The fraction of sp³-hybridized carbons (Fsp3) is 0.571. The van der Waals surface area contributed by atoms with Gasteiger partial charge < -0.3 is 50.3 Å². The Labute approximate surface area is 282 Å². The van der Waals surface area contributed by atoms with Crippen LogP contribution in [-0.2, 0) is 50.9 Å². The van der Waals surface area contributed by atoms with Gasteiger partial charge in [-0.05, 0) is 30.4 Å². The van der Waals surface area contributed by atoms with E-state index in [1.165, 1.54) is 7.11 Å². The molecule has 13 nitrogen and oxygen atoms in total. The van der Waals surface area contributed by atoms with Crippen LogP contribution in [0.1, 0.15) is 30.9 Å². The molecule has 48 heavy (non-hydrogen) atoms. The van der Waals surface area contributed by atoms with Crippen LogP contribution in [-0.4, -0.2) is 118 Å². The lowest BCUT2D eigenvalue weighted by atomic mass is 9.91. The molecule has 1 saturated heterocycles. The molecular formula is C35H51N3O10. The summed E-state index contributed by atoms with van der Waals surface area (Å²) in [6, 6.07) is 17.6. The smallest absolute Gasteiger partial charge is 0.246 e. The average molecular weight is 674 g/mol. The monoisotopic (exact) mass is 673 g/mol. The maximum atomic E-state index is 13.1. The molecule has 266 valence electrons. The summed E-state index contributed by atoms with van der Waals surface area (Å²) in [4.78, 5) is 38.1. The molecule has 0 radical (unpaired) electrons. The summed E-state index contributed by atoms with van der Waals surface area (Å²) in [5.74, 6) is -1.18. The molecule has 2 aromatic rings. The molecule has 0 aliphatic carbocycles. The number of carbonyl (C=O) groups excluding carboxylic acids is 3. The summed E-state index contributed by atoms with van der Waals surface area (Å²) >= 11 is 0. The second-order valence-corrected chi connectivity index (χ2v) is 11.8. The summed E-state index contributed by atoms with van der Waals surface area (Å²) in [6.07, 6.45) is -2.20. The number of nitrogens with two attached hydrogens (primary N) is 1. The van der Waals surface area contributed by atoms with Crippen molar-refractivity contribution in [1.29, 1.82) is 0 Å². The van der Waals surface area contributed by atoms with Gasteiger partial charge in [0.2, 0.25) is 11.8 Å². The molecule has 1 fully saturated rings. The largest absolute Gasteiger partial charge is 0.390 e. The predicted molar refractivity (Wildman–Crippen MR) is 177 cm³/mol. The van der Waals surface area contributed by atoms with Crippen molar-refractivity contribution < 1.29 is 48.3 Å². The molecule has 0 bridgehead atoms. The van der Waals surface area contributed by atoms with Crippen LogP contribution in [0.4, 0.5) is 0 Å². The number of nitrogens with one attached hydrogen (secondary N) is 2. The van der Waals surface area contributed by atoms with E-state index in [4.69, 9.17) is 29.4 Å². The first-order chi connectivity index (χ1) is 23.2. The number of rotatable bonds is 22. The predicted octanol–water partition coefficient (Wildman–Crippen LogP) is 0.528. The summed E-state index contributed by atoms with van der Waals surface area (Å²) in [5, 5.41) is 25.7. The van der Waals surface area contributed by atoms with Gasteiger partial charge in [0.05, 0.1) is 50.7 Å². The first-order valence-corrected chi connectivity index (χ1v) is 16.4. The molecule has 13 heteroatoms. The molecule has 1 aliphatic heterocycles. The van der Waals surface area contributed by atoms with Gasteiger partial charge in [0.15, 0.2) is 12.1 Å². The molecular weight excluding hydrogens is 622 g/mol. The number of aliphatic hydroxyl groups is 2. The zero-order valence-corrected chi connectivity index (χ0v) is 27.8. The third kappa shape index (κ3) is 13.7. The van der Waals surface area contributed by atoms with Crippen LogP contribution in [0.5, 0.6) is 0 Å². The summed E-state index contributed by atoms with van der Waals surface area (Å²) in [5.41, 5.74) is 8.06. The number of benzene rings is 2. The number of methoxy groups -OCH3 is 1. The normalized spacial score (nSPS) is 22.1. The van der Waals surface area contributed by atoms with Crippen molar-refractivity contribution in [2.45, 2.75) is 69.3 Å². The molecule has 2 aromatic carbocycles. The number of ether oxygens (including phenoxy) is 5. The Bertz CT molecular complexity index is 1220. The highest BCUT2D eigenvalue weighted by Crippen LogP contribution is 2.26. The van der Waals surface area contributed by atoms with E-state index in [1.807, 2.05) is 60.7 Å². The van der Waals surface area contributed by atoms with Crippen molar-refractivity contribution in [3.8, 4) is 0 Å². The van der Waals surface area contributed by atoms with Gasteiger partial charge in [-0.2, -0.15) is 0 Å². The number of amides is 2. The minimum Gasteiger partial charge on any atom is -0.390 e. The van der Waals surface area contributed by atoms with Crippen molar-refractivity contribution in [3.63, 3.8) is 0 Å². The van der Waals surface area contributed by atoms with Crippen molar-refractivity contribution in [2.75, 3.05) is 53.3 Å². The van der Waals surface area contributed by atoms with Gasteiger partial charge in [0.1, 0.15) is 12.7 Å². The summed E-state index contributed by atoms with van der Waals surface area (Å²) < 4.78 is 27.2. The zero-order chi connectivity index (χ0) is 34.7. The summed E-state index contributed by atoms with van der Waals surface area (Å²) in [7, 11) is 1.37. The Morgan fingerprint density at radius 1 is 0.875 bits per heavy atom. The van der Waals surface area contributed by atoms with Gasteiger partial charge in [0, 0.05) is 32.6 Å². The molecule has 6 N–H and O–H groups in total. The van der Waals surface area contributed by atoms with Crippen molar-refractivity contribution in [2.24, 2.45) is 11.7 Å². The van der Waals surface area contributed by atoms with Crippen molar-refractivity contribution in [3.05, 3.63) is 71.8 Å². The van der Waals surface area contributed by atoms with E-state index < -0.39 is 42.6 Å². The maximum absolute atomic E-state index is 13.1. The van der Waals surface area contributed by atoms with Gasteiger partial charge in [-0.3, -0.25) is 14.4 Å². The van der Waals surface area contributed by atoms with Crippen LogP contribution in [0.15, 0.2) is 60.7 Å². The number of aliphatic hydroxyl groups excluding tert-OH is 2. The Hall–Kier alpha value is -3.27. The number of Topliss-reactive ketones (excluding diaryl/α,β-unsaturated/α-hetero) is 1. The number of hydrogen-bond acceptors (Lipinski definition) is 11. The minimum atomic E-state index is -1.15. The van der Waals surface area contributed by atoms with Gasteiger partial charge >= 0.3 is 0 Å². The van der Waals surface area contributed by atoms with Crippen LogP contribution < -0.4 is 16.4 Å². The van der Waals surface area contributed by atoms with E-state index in [1.54, 1.807) is 6.92 Å². The lowest BCUT2D eigenvalue weighted by Gasteiger charge is -2.40. The van der Waals surface area contributed by atoms with Gasteiger partial charge in [-0.1, -0.05) is 67.6 Å². The van der Waals surface area contributed by atoms with Crippen LogP contribution in [0, 0.1) is 5.92 Å². The highest BCUT2D eigenvalue weighted by molar-refractivity contribution is 5.91. The molecule has 0 saturated carbocycles. The lowest BCUT2D eigenvalue weighted by molar-refractivity contribution is -0.282. The van der Waals surface area contributed by atoms with Gasteiger partial charge in [0.25, 0.3) is 0 Å². The van der Waals surface area contributed by atoms with Crippen LogP contribution in [0.2, 0.25) is 0 Å². The van der Waals surface area contributed by atoms with Gasteiger partial charge in [-0.15, -0.1) is 0 Å². The third-order valence-electron chi connectivity index (χ3n) is 8.09. The molecule has 0 spiro atoms. The average Bonchev–Trinajstić information content (AvgIpc) is 3.09. The van der Waals surface area contributed by atoms with E-state index in [0.29, 0.717) is 39.1 Å². The highest BCUT2D eigenvalue weighted by Gasteiger charge is 2.42. The first-order valence-electron chi connectivity index (χ1n) is 16.4. The lowest BCUT2D eigenvalue weighted by Crippen LogP contribution is -2.55. The fourth-order valence-corrected chi connectivity index (χ4v) is 5.22. The second kappa shape index (κ2) is 21.6. The third-order valence-corrected chi connectivity index (χ3v) is 8.09. The molecule has 2 unspecified atom stereocenters. The quantitative estimate of drug-likeness (QED) is 0.110. The molecule has 1 aliphatic rings. The van der Waals surface area contributed by atoms with Crippen LogP contribution in [0.25, 0.3) is 0 Å². The van der Waals surface area contributed by atoms with Crippen LogP contribution >= 0.6 is 0 Å². The maximum Gasteiger partial charge on any atom is 0.246 e. The van der Waals surface area contributed by atoms with E-state index in [9.17, 15) is 24.6 Å². The first kappa shape index (κ1) is 39.2. The molecule has 1 heterocycles. The number of ketones is 1. The standard InChI is InChI=1S/C35H51N3O10/c1-24-30(48-35(44-2)33(42)32(24)41)22-47-23-31(40)37-15-17-46-19-18-45-16-9-14-29(39)28(21-26-12-7-4-8-13-26)38-34(43)27(36)20-25-10-5-3-6-11-25/h3-8,10-13,24,27-28,30,32-33,35,41-42H,9,14-23,36H2,1-2H3,(H,37,40)(H,38,43)/t24-,27+,28+,30?,32+,33?,35-/m1/s1. The summed E-state index contributed by atoms with van der Waals surface area (Å²) in [6.45, 7) is 3.16. The molecule has 3 rings (SSSR count).